The van der Waals surface area contributed by atoms with Crippen molar-refractivity contribution in [3.8, 4) is 5.75 Å². The summed E-state index contributed by atoms with van der Waals surface area (Å²) in [5, 5.41) is 11.9. The number of hydrogen-bond acceptors (Lipinski definition) is 5. The first kappa shape index (κ1) is 20.6. The van der Waals surface area contributed by atoms with Crippen LogP contribution in [0.15, 0.2) is 24.3 Å². The van der Waals surface area contributed by atoms with Crippen LogP contribution in [0.4, 0.5) is 0 Å². The Balaban J connectivity index is 1.88. The minimum absolute atomic E-state index is 0.0593. The third-order valence-corrected chi connectivity index (χ3v) is 5.30. The molecule has 3 amide bonds. The summed E-state index contributed by atoms with van der Waals surface area (Å²) in [5.74, 6) is -1.93. The average Bonchev–Trinajstić information content (AvgIpc) is 3.19. The van der Waals surface area contributed by atoms with E-state index in [1.165, 1.54) is 15.9 Å². The molecule has 9 nitrogen and oxygen atoms in total. The third-order valence-electron chi connectivity index (χ3n) is 5.30. The highest BCUT2D eigenvalue weighted by Crippen LogP contribution is 2.22. The molecule has 0 saturated carbocycles. The SMILES string of the molecule is CN1CCOc2ccccc2C(=O)N[C@H](C(=O)O)CCC(=O)N2CCC[C@@H]2C1=O. The van der Waals surface area contributed by atoms with Crippen LogP contribution >= 0.6 is 0 Å². The van der Waals surface area contributed by atoms with E-state index in [4.69, 9.17) is 4.74 Å². The van der Waals surface area contributed by atoms with E-state index >= 15 is 0 Å². The van der Waals surface area contributed by atoms with Crippen LogP contribution in [0.2, 0.25) is 0 Å². The van der Waals surface area contributed by atoms with Crippen molar-refractivity contribution in [2.75, 3.05) is 26.7 Å². The minimum atomic E-state index is -1.22. The van der Waals surface area contributed by atoms with Gasteiger partial charge in [0, 0.05) is 20.0 Å². The molecule has 2 aliphatic heterocycles. The molecule has 29 heavy (non-hydrogen) atoms. The van der Waals surface area contributed by atoms with Crippen molar-refractivity contribution in [1.82, 2.24) is 15.1 Å². The molecule has 2 atom stereocenters. The molecule has 0 radical (unpaired) electrons. The van der Waals surface area contributed by atoms with Gasteiger partial charge in [-0.2, -0.15) is 0 Å². The van der Waals surface area contributed by atoms with Gasteiger partial charge in [-0.15, -0.1) is 0 Å². The Morgan fingerprint density at radius 2 is 1.93 bits per heavy atom. The Morgan fingerprint density at radius 1 is 1.17 bits per heavy atom. The Morgan fingerprint density at radius 3 is 2.69 bits per heavy atom. The lowest BCUT2D eigenvalue weighted by atomic mass is 10.1. The second-order valence-electron chi connectivity index (χ2n) is 7.25. The Bertz CT molecular complexity index is 811. The van der Waals surface area contributed by atoms with Crippen LogP contribution < -0.4 is 10.1 Å². The lowest BCUT2D eigenvalue weighted by molar-refractivity contribution is -0.144. The van der Waals surface area contributed by atoms with Crippen molar-refractivity contribution in [2.24, 2.45) is 0 Å². The Hall–Kier alpha value is -3.10. The fourth-order valence-corrected chi connectivity index (χ4v) is 3.66. The predicted molar refractivity (Wildman–Crippen MR) is 102 cm³/mol. The lowest BCUT2D eigenvalue weighted by Crippen LogP contribution is -2.48. The van der Waals surface area contributed by atoms with Crippen LogP contribution in [0.5, 0.6) is 5.75 Å². The number of carboxylic acids is 1. The second-order valence-corrected chi connectivity index (χ2v) is 7.25. The number of aliphatic carboxylic acids is 1. The molecule has 9 heteroatoms. The maximum atomic E-state index is 12.8. The van der Waals surface area contributed by atoms with Gasteiger partial charge in [-0.25, -0.2) is 4.79 Å². The van der Waals surface area contributed by atoms with Crippen molar-refractivity contribution in [2.45, 2.75) is 37.8 Å². The van der Waals surface area contributed by atoms with E-state index in [1.807, 2.05) is 0 Å². The number of carboxylic acid groups (broad SMARTS) is 1. The fraction of sp³-hybridized carbons (Fsp3) is 0.500. The molecule has 0 unspecified atom stereocenters. The molecule has 0 bridgehead atoms. The second kappa shape index (κ2) is 8.93. The molecule has 3 rings (SSSR count). The largest absolute Gasteiger partial charge is 0.491 e. The summed E-state index contributed by atoms with van der Waals surface area (Å²) < 4.78 is 5.70. The summed E-state index contributed by atoms with van der Waals surface area (Å²) in [4.78, 5) is 52.7. The van der Waals surface area contributed by atoms with Gasteiger partial charge in [-0.1, -0.05) is 12.1 Å². The summed E-state index contributed by atoms with van der Waals surface area (Å²) in [5.41, 5.74) is 0.203. The van der Waals surface area contributed by atoms with E-state index in [1.54, 1.807) is 25.2 Å². The lowest BCUT2D eigenvalue weighted by Gasteiger charge is -2.28. The van der Waals surface area contributed by atoms with Crippen molar-refractivity contribution in [3.63, 3.8) is 0 Å². The topological polar surface area (TPSA) is 116 Å². The number of ether oxygens (including phenoxy) is 1. The maximum absolute atomic E-state index is 12.8. The molecule has 2 N–H and O–H groups in total. The van der Waals surface area contributed by atoms with Crippen LogP contribution in [0.3, 0.4) is 0 Å². The average molecular weight is 403 g/mol. The summed E-state index contributed by atoms with van der Waals surface area (Å²) in [7, 11) is 1.66. The fourth-order valence-electron chi connectivity index (χ4n) is 3.66. The number of nitrogens with zero attached hydrogens (tertiary/aromatic N) is 2. The first-order chi connectivity index (χ1) is 13.9. The summed E-state index contributed by atoms with van der Waals surface area (Å²) in [6, 6.07) is 4.76. The number of carbonyl (C=O) groups excluding carboxylic acids is 3. The van der Waals surface area contributed by atoms with Crippen molar-refractivity contribution in [3.05, 3.63) is 29.8 Å². The normalized spacial score (nSPS) is 24.0. The molecular formula is C20H25N3O6. The number of hydrogen-bond donors (Lipinski definition) is 2. The molecule has 2 heterocycles. The van der Waals surface area contributed by atoms with Gasteiger partial charge in [-0.05, 0) is 31.4 Å². The highest BCUT2D eigenvalue weighted by molar-refractivity contribution is 5.99. The van der Waals surface area contributed by atoms with E-state index in [-0.39, 0.29) is 36.8 Å². The van der Waals surface area contributed by atoms with Crippen LogP contribution in [0.1, 0.15) is 36.0 Å². The van der Waals surface area contributed by atoms with Gasteiger partial charge in [0.15, 0.2) is 0 Å². The number of nitrogens with one attached hydrogen (secondary N) is 1. The number of benzene rings is 1. The summed E-state index contributed by atoms with van der Waals surface area (Å²) in [6.07, 6.45) is 1.18. The predicted octanol–water partition coefficient (Wildman–Crippen LogP) is 0.492. The molecule has 1 saturated heterocycles. The molecule has 2 aliphatic rings. The van der Waals surface area contributed by atoms with Crippen molar-refractivity contribution < 1.29 is 29.0 Å². The van der Waals surface area contributed by atoms with E-state index in [0.717, 1.165) is 6.42 Å². The molecule has 1 aromatic rings. The Labute approximate surface area is 168 Å². The van der Waals surface area contributed by atoms with Crippen molar-refractivity contribution >= 4 is 23.7 Å². The first-order valence-corrected chi connectivity index (χ1v) is 9.68. The summed E-state index contributed by atoms with van der Waals surface area (Å²) >= 11 is 0. The van der Waals surface area contributed by atoms with Gasteiger partial charge in [0.25, 0.3) is 5.91 Å². The Kier molecular flexibility index (Phi) is 6.36. The zero-order valence-electron chi connectivity index (χ0n) is 16.3. The molecular weight excluding hydrogens is 378 g/mol. The van der Waals surface area contributed by atoms with Gasteiger partial charge in [0.2, 0.25) is 11.8 Å². The molecule has 0 aromatic heterocycles. The van der Waals surface area contributed by atoms with Gasteiger partial charge < -0.3 is 25.0 Å². The summed E-state index contributed by atoms with van der Waals surface area (Å²) in [6.45, 7) is 0.926. The van der Waals surface area contributed by atoms with E-state index in [0.29, 0.717) is 25.3 Å². The van der Waals surface area contributed by atoms with Crippen LogP contribution in [0.25, 0.3) is 0 Å². The highest BCUT2D eigenvalue weighted by atomic mass is 16.5. The van der Waals surface area contributed by atoms with Crippen LogP contribution in [0, 0.1) is 0 Å². The number of para-hydroxylation sites is 1. The molecule has 0 aliphatic carbocycles. The van der Waals surface area contributed by atoms with E-state index in [9.17, 15) is 24.3 Å². The first-order valence-electron chi connectivity index (χ1n) is 9.68. The van der Waals surface area contributed by atoms with E-state index in [2.05, 4.69) is 5.32 Å². The minimum Gasteiger partial charge on any atom is -0.491 e. The third kappa shape index (κ3) is 4.67. The zero-order chi connectivity index (χ0) is 21.0. The quantitative estimate of drug-likeness (QED) is 0.705. The van der Waals surface area contributed by atoms with Gasteiger partial charge >= 0.3 is 5.97 Å². The van der Waals surface area contributed by atoms with Gasteiger partial charge in [-0.3, -0.25) is 14.4 Å². The van der Waals surface area contributed by atoms with Gasteiger partial charge in [0.1, 0.15) is 24.4 Å². The maximum Gasteiger partial charge on any atom is 0.326 e. The number of amides is 3. The number of fused-ring (bicyclic) bond motifs is 2. The number of carbonyl (C=O) groups is 4. The smallest absolute Gasteiger partial charge is 0.326 e. The van der Waals surface area contributed by atoms with E-state index < -0.39 is 24.0 Å². The van der Waals surface area contributed by atoms with Crippen LogP contribution in [-0.2, 0) is 14.4 Å². The zero-order valence-corrected chi connectivity index (χ0v) is 16.3. The standard InChI is InChI=1S/C20H25N3O6/c1-22-11-12-29-16-7-3-2-5-13(16)18(25)21-14(20(27)28)8-9-17(24)23-10-4-6-15(23)19(22)26/h2-3,5,7,14-15H,4,6,8-12H2,1H3,(H,21,25)(H,27,28)/t14-,15+/m0/s1. The molecule has 1 fully saturated rings. The van der Waals surface area contributed by atoms with Crippen LogP contribution in [-0.4, -0.2) is 77.4 Å². The van der Waals surface area contributed by atoms with Gasteiger partial charge in [0.05, 0.1) is 12.1 Å². The monoisotopic (exact) mass is 403 g/mol. The number of rotatable bonds is 1. The molecule has 0 spiro atoms. The highest BCUT2D eigenvalue weighted by Gasteiger charge is 2.36. The number of likely N-dealkylation sites (N-methyl/N-ethyl adjacent to an activating group) is 1. The molecule has 1 aromatic carbocycles. The molecule has 156 valence electrons. The van der Waals surface area contributed by atoms with Crippen molar-refractivity contribution in [1.29, 1.82) is 0 Å².